The summed E-state index contributed by atoms with van der Waals surface area (Å²) in [6.45, 7) is 8.94. The van der Waals surface area contributed by atoms with Gasteiger partial charge in [0.2, 0.25) is 11.8 Å². The molecular formula is C23H29N3O4S. The highest BCUT2D eigenvalue weighted by Crippen LogP contribution is 2.22. The number of rotatable bonds is 7. The molecule has 1 heterocycles. The maximum absolute atomic E-state index is 12.3. The predicted octanol–water partition coefficient (Wildman–Crippen LogP) is 2.77. The number of hydrogen-bond donors (Lipinski definition) is 2. The van der Waals surface area contributed by atoms with Crippen LogP contribution in [-0.4, -0.2) is 53.8 Å². The Hall–Kier alpha value is -2.71. The summed E-state index contributed by atoms with van der Waals surface area (Å²) in [4.78, 5) is 26.7. The maximum Gasteiger partial charge on any atom is 0.237 e. The Balaban J connectivity index is 1.48. The number of hydrogen-bond acceptors (Lipinski definition) is 5. The summed E-state index contributed by atoms with van der Waals surface area (Å²) in [6, 6.07) is 11.5. The van der Waals surface area contributed by atoms with Gasteiger partial charge in [-0.1, -0.05) is 17.7 Å². The second-order valence-electron chi connectivity index (χ2n) is 7.74. The number of nitrogens with one attached hydrogen (secondary N) is 2. The van der Waals surface area contributed by atoms with E-state index in [1.165, 1.54) is 0 Å². The number of ether oxygens (including phenoxy) is 1. The van der Waals surface area contributed by atoms with E-state index in [0.29, 0.717) is 18.9 Å². The second kappa shape index (κ2) is 10.5. The Kier molecular flexibility index (Phi) is 7.81. The van der Waals surface area contributed by atoms with Crippen molar-refractivity contribution in [1.82, 2.24) is 0 Å². The zero-order chi connectivity index (χ0) is 22.4. The number of carbonyl (C=O) groups excluding carboxylic acids is 2. The van der Waals surface area contributed by atoms with E-state index in [9.17, 15) is 13.8 Å². The van der Waals surface area contributed by atoms with E-state index in [1.807, 2.05) is 57.2 Å². The van der Waals surface area contributed by atoms with Crippen LogP contribution in [0.3, 0.4) is 0 Å². The summed E-state index contributed by atoms with van der Waals surface area (Å²) in [5, 5.41) is 5.56. The number of carbonyl (C=O) groups is 2. The van der Waals surface area contributed by atoms with Gasteiger partial charge >= 0.3 is 0 Å². The van der Waals surface area contributed by atoms with Gasteiger partial charge < -0.3 is 20.3 Å². The number of anilines is 3. The van der Waals surface area contributed by atoms with Crippen molar-refractivity contribution in [3.63, 3.8) is 0 Å². The molecule has 31 heavy (non-hydrogen) atoms. The molecule has 166 valence electrons. The molecule has 8 heteroatoms. The van der Waals surface area contributed by atoms with Crippen molar-refractivity contribution in [2.24, 2.45) is 0 Å². The van der Waals surface area contributed by atoms with Gasteiger partial charge in [0.25, 0.3) is 0 Å². The number of amides is 2. The lowest BCUT2D eigenvalue weighted by atomic mass is 10.1. The van der Waals surface area contributed by atoms with Crippen molar-refractivity contribution in [3.8, 4) is 0 Å². The highest BCUT2D eigenvalue weighted by molar-refractivity contribution is 7.86. The fourth-order valence-corrected chi connectivity index (χ4v) is 4.50. The quantitative estimate of drug-likeness (QED) is 0.687. The first kappa shape index (κ1) is 23.0. The smallest absolute Gasteiger partial charge is 0.237 e. The van der Waals surface area contributed by atoms with Gasteiger partial charge in [0.15, 0.2) is 0 Å². The predicted molar refractivity (Wildman–Crippen MR) is 125 cm³/mol. The molecule has 0 saturated carbocycles. The maximum atomic E-state index is 12.3. The fraction of sp³-hybridized carbons (Fsp3) is 0.391. The van der Waals surface area contributed by atoms with Crippen molar-refractivity contribution < 1.29 is 18.5 Å². The van der Waals surface area contributed by atoms with Crippen molar-refractivity contribution >= 4 is 39.7 Å². The van der Waals surface area contributed by atoms with Crippen LogP contribution in [-0.2, 0) is 25.1 Å². The molecule has 7 nitrogen and oxygen atoms in total. The van der Waals surface area contributed by atoms with Gasteiger partial charge in [-0.25, -0.2) is 0 Å². The molecule has 1 atom stereocenters. The normalized spacial score (nSPS) is 14.7. The molecule has 2 amide bonds. The van der Waals surface area contributed by atoms with Crippen LogP contribution >= 0.6 is 0 Å². The Morgan fingerprint density at radius 3 is 2.06 bits per heavy atom. The second-order valence-corrected chi connectivity index (χ2v) is 9.20. The molecule has 2 N–H and O–H groups in total. The molecule has 3 rings (SSSR count). The lowest BCUT2D eigenvalue weighted by molar-refractivity contribution is -0.114. The van der Waals surface area contributed by atoms with Gasteiger partial charge in [0.05, 0.1) is 13.2 Å². The third kappa shape index (κ3) is 6.63. The van der Waals surface area contributed by atoms with E-state index in [-0.39, 0.29) is 23.3 Å². The number of morpholine rings is 1. The van der Waals surface area contributed by atoms with Crippen LogP contribution in [0.15, 0.2) is 36.4 Å². The van der Waals surface area contributed by atoms with Gasteiger partial charge in [-0.05, 0) is 56.2 Å². The molecule has 2 aromatic rings. The minimum atomic E-state index is -1.60. The first-order chi connectivity index (χ1) is 14.8. The van der Waals surface area contributed by atoms with Crippen molar-refractivity contribution in [2.75, 3.05) is 53.3 Å². The molecule has 0 radical (unpaired) electrons. The average Bonchev–Trinajstić information content (AvgIpc) is 2.71. The van der Waals surface area contributed by atoms with Gasteiger partial charge in [0, 0.05) is 41.0 Å². The Morgan fingerprint density at radius 2 is 1.48 bits per heavy atom. The average molecular weight is 444 g/mol. The molecule has 1 aliphatic heterocycles. The van der Waals surface area contributed by atoms with Crippen LogP contribution in [0.2, 0.25) is 0 Å². The van der Waals surface area contributed by atoms with Gasteiger partial charge in [-0.3, -0.25) is 13.8 Å². The number of benzene rings is 2. The SMILES string of the molecule is Cc1cc(C)c(NC(=O)C[S@@](=O)CC(=O)Nc2ccc(N3CCOCC3)cc2)c(C)c1. The summed E-state index contributed by atoms with van der Waals surface area (Å²) >= 11 is 0. The van der Waals surface area contributed by atoms with Crippen molar-refractivity contribution in [1.29, 1.82) is 0 Å². The van der Waals surface area contributed by atoms with Gasteiger partial charge in [0.1, 0.15) is 11.5 Å². The van der Waals surface area contributed by atoms with Crippen molar-refractivity contribution in [3.05, 3.63) is 53.1 Å². The molecule has 1 fully saturated rings. The zero-order valence-electron chi connectivity index (χ0n) is 18.2. The first-order valence-corrected chi connectivity index (χ1v) is 11.8. The molecule has 0 spiro atoms. The molecule has 1 aliphatic rings. The molecule has 1 saturated heterocycles. The highest BCUT2D eigenvalue weighted by atomic mass is 32.2. The fourth-order valence-electron chi connectivity index (χ4n) is 3.67. The largest absolute Gasteiger partial charge is 0.378 e. The van der Waals surface area contributed by atoms with Crippen molar-refractivity contribution in [2.45, 2.75) is 20.8 Å². The standard InChI is InChI=1S/C23H29N3O4S/c1-16-12-17(2)23(18(3)13-16)25-22(28)15-31(29)14-21(27)24-19-4-6-20(7-5-19)26-8-10-30-11-9-26/h4-7,12-13H,8-11,14-15H2,1-3H3,(H,24,27)(H,25,28)/t31-/m0/s1. The van der Waals surface area contributed by atoms with Crippen LogP contribution in [0, 0.1) is 20.8 Å². The van der Waals surface area contributed by atoms with Crippen LogP contribution < -0.4 is 15.5 Å². The third-order valence-corrected chi connectivity index (χ3v) is 6.22. The minimum absolute atomic E-state index is 0.226. The minimum Gasteiger partial charge on any atom is -0.378 e. The number of nitrogens with zero attached hydrogens (tertiary/aromatic N) is 1. The molecular weight excluding hydrogens is 414 g/mol. The van der Waals surface area contributed by atoms with E-state index in [0.717, 1.165) is 41.2 Å². The van der Waals surface area contributed by atoms with Gasteiger partial charge in [-0.15, -0.1) is 0 Å². The monoisotopic (exact) mass is 443 g/mol. The van der Waals surface area contributed by atoms with Crippen LogP contribution in [0.1, 0.15) is 16.7 Å². The zero-order valence-corrected chi connectivity index (χ0v) is 19.0. The number of aryl methyl sites for hydroxylation is 3. The van der Waals surface area contributed by atoms with Gasteiger partial charge in [-0.2, -0.15) is 0 Å². The lowest BCUT2D eigenvalue weighted by Crippen LogP contribution is -2.36. The van der Waals surface area contributed by atoms with E-state index in [1.54, 1.807) is 0 Å². The summed E-state index contributed by atoms with van der Waals surface area (Å²) in [7, 11) is -1.60. The third-order valence-electron chi connectivity index (χ3n) is 5.05. The van der Waals surface area contributed by atoms with E-state index < -0.39 is 10.8 Å². The van der Waals surface area contributed by atoms with Crippen LogP contribution in [0.4, 0.5) is 17.1 Å². The summed E-state index contributed by atoms with van der Waals surface area (Å²) in [6.07, 6.45) is 0. The van der Waals surface area contributed by atoms with Crippen LogP contribution in [0.25, 0.3) is 0 Å². The Bertz CT molecular complexity index is 946. The molecule has 0 bridgehead atoms. The highest BCUT2D eigenvalue weighted by Gasteiger charge is 2.15. The topological polar surface area (TPSA) is 87.7 Å². The summed E-state index contributed by atoms with van der Waals surface area (Å²) in [5.74, 6) is -1.20. The molecule has 0 unspecified atom stereocenters. The molecule has 2 aromatic carbocycles. The Morgan fingerprint density at radius 1 is 0.935 bits per heavy atom. The van der Waals surface area contributed by atoms with Crippen LogP contribution in [0.5, 0.6) is 0 Å². The summed E-state index contributed by atoms with van der Waals surface area (Å²) < 4.78 is 17.7. The molecule has 0 aromatic heterocycles. The van der Waals surface area contributed by atoms with E-state index in [4.69, 9.17) is 4.74 Å². The molecule has 0 aliphatic carbocycles. The Labute approximate surface area is 185 Å². The lowest BCUT2D eigenvalue weighted by Gasteiger charge is -2.28. The summed E-state index contributed by atoms with van der Waals surface area (Å²) in [5.41, 5.74) is 5.46. The van der Waals surface area contributed by atoms with E-state index in [2.05, 4.69) is 15.5 Å². The van der Waals surface area contributed by atoms with E-state index >= 15 is 0 Å². The first-order valence-electron chi connectivity index (χ1n) is 10.3.